The van der Waals surface area contributed by atoms with E-state index in [-0.39, 0.29) is 5.91 Å². The van der Waals surface area contributed by atoms with Gasteiger partial charge in [0.25, 0.3) is 5.91 Å². The molecule has 0 saturated heterocycles. The third-order valence-corrected chi connectivity index (χ3v) is 3.30. The number of pyridine rings is 1. The summed E-state index contributed by atoms with van der Waals surface area (Å²) in [6.07, 6.45) is 4.38. The minimum absolute atomic E-state index is 0.0593. The number of anilines is 1. The average Bonchev–Trinajstić information content (AvgIpc) is 2.47. The lowest BCUT2D eigenvalue weighted by molar-refractivity contribution is 0.0963. The number of halogens is 1. The highest BCUT2D eigenvalue weighted by Gasteiger charge is 2.03. The van der Waals surface area contributed by atoms with Crippen LogP contribution in [-0.4, -0.2) is 24.5 Å². The first-order valence-corrected chi connectivity index (χ1v) is 7.14. The summed E-state index contributed by atoms with van der Waals surface area (Å²) in [4.78, 5) is 15.7. The summed E-state index contributed by atoms with van der Waals surface area (Å²) in [6, 6.07) is 9.63. The topological polar surface area (TPSA) is 54.0 Å². The maximum atomic E-state index is 11.6. The van der Waals surface area contributed by atoms with E-state index in [0.29, 0.717) is 5.56 Å². The zero-order valence-corrected chi connectivity index (χ0v) is 12.8. The molecule has 0 spiro atoms. The monoisotopic (exact) mass is 333 g/mol. The predicted octanol–water partition coefficient (Wildman–Crippen LogP) is 2.86. The second-order valence-electron chi connectivity index (χ2n) is 4.35. The van der Waals surface area contributed by atoms with Crippen molar-refractivity contribution >= 4 is 27.5 Å². The first-order valence-electron chi connectivity index (χ1n) is 6.34. The first kappa shape index (κ1) is 14.5. The highest BCUT2D eigenvalue weighted by molar-refractivity contribution is 9.10. The lowest BCUT2D eigenvalue weighted by Gasteiger charge is -2.07. The smallest absolute Gasteiger partial charge is 0.251 e. The molecule has 20 heavy (non-hydrogen) atoms. The van der Waals surface area contributed by atoms with Gasteiger partial charge in [-0.25, -0.2) is 0 Å². The minimum atomic E-state index is -0.0593. The number of nitrogens with zero attached hydrogens (tertiary/aromatic N) is 1. The summed E-state index contributed by atoms with van der Waals surface area (Å²) in [5.41, 5.74) is 2.79. The maximum Gasteiger partial charge on any atom is 0.251 e. The minimum Gasteiger partial charge on any atom is -0.383 e. The SMILES string of the molecule is CNC(=O)c1cccc(CCNc2cncc(Br)c2)c1. The standard InChI is InChI=1S/C15H16BrN3O/c1-17-15(20)12-4-2-3-11(7-12)5-6-19-14-8-13(16)9-18-10-14/h2-4,7-10,19H,5-6H2,1H3,(H,17,20). The Hall–Kier alpha value is -1.88. The van der Waals surface area contributed by atoms with Crippen molar-refractivity contribution in [2.24, 2.45) is 0 Å². The van der Waals surface area contributed by atoms with Gasteiger partial charge in [0.15, 0.2) is 0 Å². The number of amides is 1. The zero-order valence-electron chi connectivity index (χ0n) is 11.2. The van der Waals surface area contributed by atoms with Crippen molar-refractivity contribution < 1.29 is 4.79 Å². The second-order valence-corrected chi connectivity index (χ2v) is 5.26. The second kappa shape index (κ2) is 7.05. The molecule has 2 rings (SSSR count). The highest BCUT2D eigenvalue weighted by Crippen LogP contribution is 2.13. The van der Waals surface area contributed by atoms with Crippen molar-refractivity contribution in [3.05, 3.63) is 58.3 Å². The normalized spacial score (nSPS) is 10.1. The molecule has 0 aliphatic carbocycles. The van der Waals surface area contributed by atoms with Crippen LogP contribution in [0.3, 0.4) is 0 Å². The van der Waals surface area contributed by atoms with Crippen molar-refractivity contribution in [2.75, 3.05) is 18.9 Å². The van der Waals surface area contributed by atoms with Crippen LogP contribution in [0, 0.1) is 0 Å². The molecule has 104 valence electrons. The van der Waals surface area contributed by atoms with Crippen LogP contribution in [0.15, 0.2) is 47.2 Å². The first-order chi connectivity index (χ1) is 9.69. The van der Waals surface area contributed by atoms with E-state index in [1.807, 2.05) is 30.3 Å². The highest BCUT2D eigenvalue weighted by atomic mass is 79.9. The van der Waals surface area contributed by atoms with Crippen LogP contribution < -0.4 is 10.6 Å². The number of hydrogen-bond acceptors (Lipinski definition) is 3. The van der Waals surface area contributed by atoms with E-state index in [9.17, 15) is 4.79 Å². The molecule has 1 aromatic heterocycles. The molecule has 5 heteroatoms. The maximum absolute atomic E-state index is 11.6. The Labute approximate surface area is 126 Å². The van der Waals surface area contributed by atoms with E-state index in [1.165, 1.54) is 0 Å². The number of carbonyl (C=O) groups is 1. The molecule has 1 amide bonds. The largest absolute Gasteiger partial charge is 0.383 e. The summed E-state index contributed by atoms with van der Waals surface area (Å²) in [5.74, 6) is -0.0593. The zero-order chi connectivity index (χ0) is 14.4. The summed E-state index contributed by atoms with van der Waals surface area (Å²) in [5, 5.41) is 5.93. The third-order valence-electron chi connectivity index (χ3n) is 2.86. The molecule has 0 radical (unpaired) electrons. The van der Waals surface area contributed by atoms with E-state index in [2.05, 4.69) is 31.5 Å². The molecule has 0 saturated carbocycles. The third kappa shape index (κ3) is 4.06. The van der Waals surface area contributed by atoms with Crippen LogP contribution >= 0.6 is 15.9 Å². The van der Waals surface area contributed by atoms with Gasteiger partial charge in [-0.15, -0.1) is 0 Å². The van der Waals surface area contributed by atoms with Crippen LogP contribution in [0.2, 0.25) is 0 Å². The quantitative estimate of drug-likeness (QED) is 0.884. The van der Waals surface area contributed by atoms with Gasteiger partial charge in [0.05, 0.1) is 11.9 Å². The molecular weight excluding hydrogens is 318 g/mol. The van der Waals surface area contributed by atoms with Gasteiger partial charge in [0.1, 0.15) is 0 Å². The number of aromatic nitrogens is 1. The number of nitrogens with one attached hydrogen (secondary N) is 2. The van der Waals surface area contributed by atoms with Crippen molar-refractivity contribution in [2.45, 2.75) is 6.42 Å². The fraction of sp³-hybridized carbons (Fsp3) is 0.200. The summed E-state index contributed by atoms with van der Waals surface area (Å²) in [6.45, 7) is 0.787. The summed E-state index contributed by atoms with van der Waals surface area (Å²) < 4.78 is 0.948. The molecule has 0 atom stereocenters. The van der Waals surface area contributed by atoms with Gasteiger partial charge in [-0.2, -0.15) is 0 Å². The molecule has 0 fully saturated rings. The number of benzene rings is 1. The van der Waals surface area contributed by atoms with Gasteiger partial charge in [-0.05, 0) is 46.1 Å². The molecule has 0 unspecified atom stereocenters. The summed E-state index contributed by atoms with van der Waals surface area (Å²) >= 11 is 3.39. The van der Waals surface area contributed by atoms with Crippen LogP contribution in [0.5, 0.6) is 0 Å². The Morgan fingerprint density at radius 3 is 2.90 bits per heavy atom. The molecule has 1 heterocycles. The Morgan fingerprint density at radius 1 is 1.30 bits per heavy atom. The van der Waals surface area contributed by atoms with Crippen LogP contribution in [0.1, 0.15) is 15.9 Å². The van der Waals surface area contributed by atoms with Gasteiger partial charge in [0, 0.05) is 29.8 Å². The molecular formula is C15H16BrN3O. The van der Waals surface area contributed by atoms with Gasteiger partial charge in [0.2, 0.25) is 0 Å². The molecule has 0 aliphatic heterocycles. The molecule has 2 aromatic rings. The Morgan fingerprint density at radius 2 is 2.15 bits per heavy atom. The van der Waals surface area contributed by atoms with E-state index in [0.717, 1.165) is 28.7 Å². The lowest BCUT2D eigenvalue weighted by atomic mass is 10.1. The van der Waals surface area contributed by atoms with Crippen molar-refractivity contribution in [3.63, 3.8) is 0 Å². The molecule has 2 N–H and O–H groups in total. The van der Waals surface area contributed by atoms with E-state index < -0.39 is 0 Å². The molecule has 0 bridgehead atoms. The average molecular weight is 334 g/mol. The van der Waals surface area contributed by atoms with E-state index >= 15 is 0 Å². The van der Waals surface area contributed by atoms with Gasteiger partial charge in [-0.1, -0.05) is 12.1 Å². The Balaban J connectivity index is 1.92. The van der Waals surface area contributed by atoms with Crippen molar-refractivity contribution in [1.29, 1.82) is 0 Å². The predicted molar refractivity (Wildman–Crippen MR) is 84.0 cm³/mol. The van der Waals surface area contributed by atoms with Crippen molar-refractivity contribution in [1.82, 2.24) is 10.3 Å². The number of rotatable bonds is 5. The van der Waals surface area contributed by atoms with Gasteiger partial charge >= 0.3 is 0 Å². The Kier molecular flexibility index (Phi) is 5.12. The van der Waals surface area contributed by atoms with Crippen molar-refractivity contribution in [3.8, 4) is 0 Å². The number of carbonyl (C=O) groups excluding carboxylic acids is 1. The van der Waals surface area contributed by atoms with E-state index in [4.69, 9.17) is 0 Å². The fourth-order valence-corrected chi connectivity index (χ4v) is 2.24. The van der Waals surface area contributed by atoms with Gasteiger partial charge < -0.3 is 10.6 Å². The van der Waals surface area contributed by atoms with Crippen LogP contribution in [0.25, 0.3) is 0 Å². The Bertz CT molecular complexity index is 601. The van der Waals surface area contributed by atoms with Gasteiger partial charge in [-0.3, -0.25) is 9.78 Å². The lowest BCUT2D eigenvalue weighted by Crippen LogP contribution is -2.18. The van der Waals surface area contributed by atoms with Crippen LogP contribution in [-0.2, 0) is 6.42 Å². The number of hydrogen-bond donors (Lipinski definition) is 2. The molecule has 1 aromatic carbocycles. The van der Waals surface area contributed by atoms with Crippen LogP contribution in [0.4, 0.5) is 5.69 Å². The summed E-state index contributed by atoms with van der Waals surface area (Å²) in [7, 11) is 1.64. The molecule has 0 aliphatic rings. The van der Waals surface area contributed by atoms with E-state index in [1.54, 1.807) is 19.4 Å². The molecule has 4 nitrogen and oxygen atoms in total. The fourth-order valence-electron chi connectivity index (χ4n) is 1.87.